The quantitative estimate of drug-likeness (QED) is 0.0388. The number of hydrogen-bond donors (Lipinski definition) is 1. The summed E-state index contributed by atoms with van der Waals surface area (Å²) in [5, 5.41) is 9.57. The summed E-state index contributed by atoms with van der Waals surface area (Å²) < 4.78 is 10.6. The van der Waals surface area contributed by atoms with E-state index in [0.717, 1.165) is 44.9 Å². The molecule has 0 spiro atoms. The van der Waals surface area contributed by atoms with Crippen molar-refractivity contribution < 1.29 is 24.2 Å². The first kappa shape index (κ1) is 49.6. The van der Waals surface area contributed by atoms with Gasteiger partial charge in [0.15, 0.2) is 6.10 Å². The zero-order chi connectivity index (χ0) is 37.8. The number of aliphatic hydroxyl groups is 1. The van der Waals surface area contributed by atoms with Gasteiger partial charge in [0.2, 0.25) is 0 Å². The lowest BCUT2D eigenvalue weighted by atomic mass is 10.0. The average molecular weight is 727 g/mol. The Balaban J connectivity index is 3.61. The van der Waals surface area contributed by atoms with Gasteiger partial charge in [-0.1, -0.05) is 177 Å². The molecule has 0 aromatic heterocycles. The third-order valence-corrected chi connectivity index (χ3v) is 9.28. The van der Waals surface area contributed by atoms with Crippen molar-refractivity contribution in [2.45, 2.75) is 213 Å². The van der Waals surface area contributed by atoms with Crippen molar-refractivity contribution in [3.05, 3.63) is 60.8 Å². The molecule has 52 heavy (non-hydrogen) atoms. The Kier molecular flexibility index (Phi) is 41.0. The van der Waals surface area contributed by atoms with Gasteiger partial charge in [-0.25, -0.2) is 0 Å². The Morgan fingerprint density at radius 2 is 0.788 bits per heavy atom. The molecule has 0 aromatic carbocycles. The van der Waals surface area contributed by atoms with Crippen molar-refractivity contribution in [1.29, 1.82) is 0 Å². The van der Waals surface area contributed by atoms with Crippen LogP contribution in [0.1, 0.15) is 206 Å². The van der Waals surface area contributed by atoms with Crippen LogP contribution in [0.4, 0.5) is 0 Å². The van der Waals surface area contributed by atoms with Crippen LogP contribution in [0.3, 0.4) is 0 Å². The highest BCUT2D eigenvalue weighted by molar-refractivity contribution is 5.70. The molecule has 0 heterocycles. The van der Waals surface area contributed by atoms with E-state index in [0.29, 0.717) is 19.3 Å². The lowest BCUT2D eigenvalue weighted by Gasteiger charge is -2.15. The molecule has 0 bridgehead atoms. The number of hydrogen-bond acceptors (Lipinski definition) is 5. The molecule has 0 unspecified atom stereocenters. The van der Waals surface area contributed by atoms with E-state index in [1.54, 1.807) is 0 Å². The Morgan fingerprint density at radius 1 is 0.442 bits per heavy atom. The minimum absolute atomic E-state index is 0.0955. The highest BCUT2D eigenvalue weighted by Gasteiger charge is 2.16. The number of carbonyl (C=O) groups excluding carboxylic acids is 2. The van der Waals surface area contributed by atoms with Gasteiger partial charge in [-0.3, -0.25) is 9.59 Å². The third kappa shape index (κ3) is 40.4. The Morgan fingerprint density at radius 3 is 1.27 bits per heavy atom. The molecule has 1 N–H and O–H groups in total. The summed E-state index contributed by atoms with van der Waals surface area (Å²) in [7, 11) is 0. The van der Waals surface area contributed by atoms with Gasteiger partial charge in [-0.15, -0.1) is 0 Å². The number of rotatable bonds is 39. The highest BCUT2D eigenvalue weighted by atomic mass is 16.6. The molecule has 5 heteroatoms. The zero-order valence-corrected chi connectivity index (χ0v) is 34.1. The van der Waals surface area contributed by atoms with Gasteiger partial charge >= 0.3 is 11.9 Å². The van der Waals surface area contributed by atoms with Crippen LogP contribution in [0.2, 0.25) is 0 Å². The smallest absolute Gasteiger partial charge is 0.306 e. The monoisotopic (exact) mass is 727 g/mol. The molecule has 0 fully saturated rings. The van der Waals surface area contributed by atoms with Crippen molar-refractivity contribution in [3.63, 3.8) is 0 Å². The molecule has 0 aliphatic rings. The van der Waals surface area contributed by atoms with E-state index < -0.39 is 6.10 Å². The summed E-state index contributed by atoms with van der Waals surface area (Å²) in [6.45, 7) is 4.06. The van der Waals surface area contributed by atoms with E-state index in [1.165, 1.54) is 128 Å². The lowest BCUT2D eigenvalue weighted by molar-refractivity contribution is -0.161. The van der Waals surface area contributed by atoms with Crippen LogP contribution in [0.15, 0.2) is 60.8 Å². The van der Waals surface area contributed by atoms with Gasteiger partial charge in [-0.2, -0.15) is 0 Å². The number of allylic oxidation sites excluding steroid dienone is 10. The molecule has 0 aliphatic heterocycles. The summed E-state index contributed by atoms with van der Waals surface area (Å²) in [6.07, 6.45) is 55.8. The van der Waals surface area contributed by atoms with Crippen LogP contribution in [0.25, 0.3) is 0 Å². The number of esters is 2. The molecule has 5 nitrogen and oxygen atoms in total. The van der Waals surface area contributed by atoms with E-state index >= 15 is 0 Å². The first-order chi connectivity index (χ1) is 25.6. The minimum atomic E-state index is -0.795. The largest absolute Gasteiger partial charge is 0.462 e. The maximum atomic E-state index is 12.2. The lowest BCUT2D eigenvalue weighted by Crippen LogP contribution is -2.28. The van der Waals surface area contributed by atoms with Crippen LogP contribution < -0.4 is 0 Å². The molecular weight excluding hydrogens is 645 g/mol. The topological polar surface area (TPSA) is 72.8 Å². The van der Waals surface area contributed by atoms with Crippen molar-refractivity contribution in [3.8, 4) is 0 Å². The molecule has 0 rings (SSSR count). The molecule has 0 saturated carbocycles. The predicted octanol–water partition coefficient (Wildman–Crippen LogP) is 14.0. The van der Waals surface area contributed by atoms with E-state index in [4.69, 9.17) is 9.47 Å². The first-order valence-corrected chi connectivity index (χ1v) is 21.8. The van der Waals surface area contributed by atoms with Crippen LogP contribution >= 0.6 is 0 Å². The van der Waals surface area contributed by atoms with E-state index in [1.807, 2.05) is 0 Å². The van der Waals surface area contributed by atoms with E-state index in [9.17, 15) is 14.7 Å². The fourth-order valence-corrected chi connectivity index (χ4v) is 5.95. The van der Waals surface area contributed by atoms with Gasteiger partial charge in [-0.05, 0) is 77.0 Å². The van der Waals surface area contributed by atoms with Crippen molar-refractivity contribution in [2.75, 3.05) is 13.2 Å². The average Bonchev–Trinajstić information content (AvgIpc) is 3.15. The van der Waals surface area contributed by atoms with Gasteiger partial charge in [0.1, 0.15) is 6.61 Å². The van der Waals surface area contributed by atoms with Crippen molar-refractivity contribution >= 4 is 11.9 Å². The maximum absolute atomic E-state index is 12.2. The highest BCUT2D eigenvalue weighted by Crippen LogP contribution is 2.14. The second-order valence-electron chi connectivity index (χ2n) is 14.4. The molecular formula is C47H82O5. The van der Waals surface area contributed by atoms with Crippen molar-refractivity contribution in [2.24, 2.45) is 0 Å². The summed E-state index contributed by atoms with van der Waals surface area (Å²) in [5.41, 5.74) is 0. The number of carbonyl (C=O) groups is 2. The second kappa shape index (κ2) is 43.0. The number of ether oxygens (including phenoxy) is 2. The Bertz CT molecular complexity index is 915. The molecule has 300 valence electrons. The van der Waals surface area contributed by atoms with Crippen molar-refractivity contribution in [1.82, 2.24) is 0 Å². The molecule has 0 amide bonds. The van der Waals surface area contributed by atoms with Gasteiger partial charge in [0.25, 0.3) is 0 Å². The van der Waals surface area contributed by atoms with Crippen LogP contribution in [-0.4, -0.2) is 36.4 Å². The SMILES string of the molecule is CCCCC/C=C\C/C=C\C/C=C\C/C=C\CCCC(=O)OC[C@H](CO)OC(=O)CCCCCCCCCCCCC/C=C\CCCCCCCC. The van der Waals surface area contributed by atoms with Gasteiger partial charge < -0.3 is 14.6 Å². The van der Waals surface area contributed by atoms with Crippen LogP contribution in [0.5, 0.6) is 0 Å². The Hall–Kier alpha value is -2.40. The number of unbranched alkanes of at least 4 members (excludes halogenated alkanes) is 21. The molecule has 0 aliphatic carbocycles. The summed E-state index contributed by atoms with van der Waals surface area (Å²) >= 11 is 0. The Labute approximate surface area is 321 Å². The fourth-order valence-electron chi connectivity index (χ4n) is 5.95. The molecule has 1 atom stereocenters. The van der Waals surface area contributed by atoms with Gasteiger partial charge in [0.05, 0.1) is 6.61 Å². The predicted molar refractivity (Wildman–Crippen MR) is 223 cm³/mol. The molecule has 0 radical (unpaired) electrons. The number of aliphatic hydroxyl groups excluding tert-OH is 1. The van der Waals surface area contributed by atoms with Crippen LogP contribution in [0, 0.1) is 0 Å². The van der Waals surface area contributed by atoms with E-state index in [2.05, 4.69) is 74.6 Å². The summed E-state index contributed by atoms with van der Waals surface area (Å²) in [4.78, 5) is 24.3. The second-order valence-corrected chi connectivity index (χ2v) is 14.4. The molecule has 0 aromatic rings. The van der Waals surface area contributed by atoms with Crippen LogP contribution in [-0.2, 0) is 19.1 Å². The normalized spacial score (nSPS) is 12.8. The standard InChI is InChI=1S/C47H82O5/c1-3-5-7-9-11-13-15-17-19-21-22-23-24-26-28-30-32-34-36-38-40-42-47(50)52-45(43-48)44-51-46(49)41-39-37-35-33-31-29-27-25-20-18-16-14-12-10-8-6-4-2/h12,14,17-20,27,29,33,35,45,48H,3-11,13,15-16,21-26,28,30-32,34,36-44H2,1-2H3/b14-12-,19-17-,20-18-,29-27-,35-33-/t45-/m0/s1. The zero-order valence-electron chi connectivity index (χ0n) is 34.1. The maximum Gasteiger partial charge on any atom is 0.306 e. The molecule has 0 saturated heterocycles. The minimum Gasteiger partial charge on any atom is -0.462 e. The third-order valence-electron chi connectivity index (χ3n) is 9.28. The summed E-state index contributed by atoms with van der Waals surface area (Å²) in [5.74, 6) is -0.656. The summed E-state index contributed by atoms with van der Waals surface area (Å²) in [6, 6.07) is 0. The first-order valence-electron chi connectivity index (χ1n) is 21.8. The van der Waals surface area contributed by atoms with Gasteiger partial charge in [0, 0.05) is 12.8 Å². The fraction of sp³-hybridized carbons (Fsp3) is 0.745. The van der Waals surface area contributed by atoms with E-state index in [-0.39, 0.29) is 25.2 Å².